The van der Waals surface area contributed by atoms with Gasteiger partial charge in [0.2, 0.25) is 0 Å². The Hall–Kier alpha value is -1.68. The highest BCUT2D eigenvalue weighted by Gasteiger charge is 2.30. The van der Waals surface area contributed by atoms with Gasteiger partial charge in [-0.25, -0.2) is 4.39 Å². The number of halogens is 1. The zero-order valence-corrected chi connectivity index (χ0v) is 11.2. The Bertz CT molecular complexity index is 564. The van der Waals surface area contributed by atoms with Crippen molar-refractivity contribution in [2.24, 2.45) is 0 Å². The first-order valence-electron chi connectivity index (χ1n) is 6.34. The second-order valence-electron chi connectivity index (χ2n) is 4.72. The van der Waals surface area contributed by atoms with Crippen LogP contribution in [0.4, 0.5) is 4.39 Å². The fourth-order valence-corrected chi connectivity index (χ4v) is 3.22. The highest BCUT2D eigenvalue weighted by molar-refractivity contribution is 7.08. The lowest BCUT2D eigenvalue weighted by atomic mass is 10.0. The van der Waals surface area contributed by atoms with Crippen LogP contribution in [-0.4, -0.2) is 17.4 Å². The second kappa shape index (κ2) is 5.13. The van der Waals surface area contributed by atoms with E-state index in [0.29, 0.717) is 0 Å². The summed E-state index contributed by atoms with van der Waals surface area (Å²) in [6, 6.07) is 8.40. The number of carbonyl (C=O) groups is 1. The van der Waals surface area contributed by atoms with Gasteiger partial charge in [0.05, 0.1) is 11.6 Å². The number of amides is 1. The molecule has 1 saturated heterocycles. The maximum Gasteiger partial charge on any atom is 0.255 e. The molecule has 2 heterocycles. The summed E-state index contributed by atoms with van der Waals surface area (Å²) < 4.78 is 13.0. The third-order valence-corrected chi connectivity index (χ3v) is 4.22. The summed E-state index contributed by atoms with van der Waals surface area (Å²) in [5.74, 6) is -0.162. The Morgan fingerprint density at radius 1 is 1.26 bits per heavy atom. The predicted octanol–water partition coefficient (Wildman–Crippen LogP) is 3.86. The number of rotatable bonds is 2. The molecule has 19 heavy (non-hydrogen) atoms. The highest BCUT2D eigenvalue weighted by atomic mass is 32.1. The molecule has 1 aliphatic rings. The van der Waals surface area contributed by atoms with Crippen LogP contribution in [0.25, 0.3) is 0 Å². The maximum atomic E-state index is 13.0. The van der Waals surface area contributed by atoms with E-state index < -0.39 is 0 Å². The minimum absolute atomic E-state index is 0.0769. The number of carbonyl (C=O) groups excluding carboxylic acids is 1. The Labute approximate surface area is 115 Å². The van der Waals surface area contributed by atoms with E-state index >= 15 is 0 Å². The number of hydrogen-bond donors (Lipinski definition) is 0. The van der Waals surface area contributed by atoms with E-state index in [4.69, 9.17) is 0 Å². The summed E-state index contributed by atoms with van der Waals surface area (Å²) in [5, 5.41) is 3.79. The summed E-state index contributed by atoms with van der Waals surface area (Å²) in [4.78, 5) is 14.3. The molecule has 98 valence electrons. The summed E-state index contributed by atoms with van der Waals surface area (Å²) >= 11 is 1.53. The average molecular weight is 275 g/mol. The standard InChI is InChI=1S/C15H14FNOS/c16-13-5-3-11(4-6-13)14-2-1-8-17(14)15(18)12-7-9-19-10-12/h3-7,9-10,14H,1-2,8H2/t14-/m0/s1. The van der Waals surface area contributed by atoms with E-state index in [1.54, 1.807) is 12.1 Å². The molecule has 3 rings (SSSR count). The zero-order chi connectivity index (χ0) is 13.2. The van der Waals surface area contributed by atoms with Crippen molar-refractivity contribution in [2.75, 3.05) is 6.54 Å². The second-order valence-corrected chi connectivity index (χ2v) is 5.50. The quantitative estimate of drug-likeness (QED) is 0.815. The van der Waals surface area contributed by atoms with Gasteiger partial charge in [0.25, 0.3) is 5.91 Å². The summed E-state index contributed by atoms with van der Waals surface area (Å²) in [7, 11) is 0. The third kappa shape index (κ3) is 2.40. The summed E-state index contributed by atoms with van der Waals surface area (Å²) in [5.41, 5.74) is 1.77. The Morgan fingerprint density at radius 3 is 2.74 bits per heavy atom. The molecule has 2 nitrogen and oxygen atoms in total. The van der Waals surface area contributed by atoms with Crippen LogP contribution in [0.1, 0.15) is 34.8 Å². The molecule has 0 bridgehead atoms. The SMILES string of the molecule is O=C(c1ccsc1)N1CCC[C@H]1c1ccc(F)cc1. The summed E-state index contributed by atoms with van der Waals surface area (Å²) in [6.07, 6.45) is 1.94. The van der Waals surface area contributed by atoms with E-state index in [-0.39, 0.29) is 17.8 Å². The van der Waals surface area contributed by atoms with Gasteiger partial charge < -0.3 is 4.90 Å². The number of thiophene rings is 1. The Kier molecular flexibility index (Phi) is 3.34. The monoisotopic (exact) mass is 275 g/mol. The molecule has 1 aliphatic heterocycles. The van der Waals surface area contributed by atoms with Crippen molar-refractivity contribution in [1.29, 1.82) is 0 Å². The molecule has 0 spiro atoms. The molecule has 0 N–H and O–H groups in total. The molecular weight excluding hydrogens is 261 g/mol. The van der Waals surface area contributed by atoms with Crippen LogP contribution in [0, 0.1) is 5.82 Å². The maximum absolute atomic E-state index is 13.0. The van der Waals surface area contributed by atoms with Crippen LogP contribution in [0.3, 0.4) is 0 Å². The molecule has 0 saturated carbocycles. The fourth-order valence-electron chi connectivity index (χ4n) is 2.59. The van der Waals surface area contributed by atoms with Gasteiger partial charge in [0.15, 0.2) is 0 Å². The molecule has 0 aliphatic carbocycles. The summed E-state index contributed by atoms with van der Waals surface area (Å²) in [6.45, 7) is 0.775. The molecule has 1 aromatic carbocycles. The van der Waals surface area contributed by atoms with Crippen molar-refractivity contribution in [3.05, 3.63) is 58.0 Å². The first-order valence-corrected chi connectivity index (χ1v) is 7.28. The Balaban J connectivity index is 1.85. The smallest absolute Gasteiger partial charge is 0.255 e. The lowest BCUT2D eigenvalue weighted by Gasteiger charge is -2.24. The zero-order valence-electron chi connectivity index (χ0n) is 10.4. The molecule has 1 amide bonds. The molecule has 1 atom stereocenters. The van der Waals surface area contributed by atoms with Gasteiger partial charge >= 0.3 is 0 Å². The highest BCUT2D eigenvalue weighted by Crippen LogP contribution is 2.33. The first kappa shape index (κ1) is 12.4. The molecule has 0 radical (unpaired) electrons. The van der Waals surface area contributed by atoms with Crippen LogP contribution in [0.2, 0.25) is 0 Å². The van der Waals surface area contributed by atoms with E-state index in [9.17, 15) is 9.18 Å². The van der Waals surface area contributed by atoms with Crippen molar-refractivity contribution in [3.63, 3.8) is 0 Å². The fraction of sp³-hybridized carbons (Fsp3) is 0.267. The predicted molar refractivity (Wildman–Crippen MR) is 73.7 cm³/mol. The average Bonchev–Trinajstić information content (AvgIpc) is 3.10. The van der Waals surface area contributed by atoms with E-state index in [1.165, 1.54) is 23.5 Å². The van der Waals surface area contributed by atoms with Crippen LogP contribution in [0.15, 0.2) is 41.1 Å². The number of likely N-dealkylation sites (tertiary alicyclic amines) is 1. The van der Waals surface area contributed by atoms with Crippen LogP contribution in [-0.2, 0) is 0 Å². The normalized spacial score (nSPS) is 18.8. The van der Waals surface area contributed by atoms with E-state index in [2.05, 4.69) is 0 Å². The van der Waals surface area contributed by atoms with Crippen molar-refractivity contribution >= 4 is 17.2 Å². The van der Waals surface area contributed by atoms with Gasteiger partial charge in [-0.05, 0) is 42.0 Å². The van der Waals surface area contributed by atoms with Crippen molar-refractivity contribution < 1.29 is 9.18 Å². The van der Waals surface area contributed by atoms with E-state index in [1.807, 2.05) is 21.7 Å². The van der Waals surface area contributed by atoms with Crippen LogP contribution in [0.5, 0.6) is 0 Å². The van der Waals surface area contributed by atoms with Gasteiger partial charge in [-0.1, -0.05) is 12.1 Å². The van der Waals surface area contributed by atoms with Crippen LogP contribution < -0.4 is 0 Å². The molecule has 2 aromatic rings. The van der Waals surface area contributed by atoms with Gasteiger partial charge in [0.1, 0.15) is 5.82 Å². The lowest BCUT2D eigenvalue weighted by molar-refractivity contribution is 0.0736. The molecule has 1 aromatic heterocycles. The van der Waals surface area contributed by atoms with Gasteiger partial charge in [0, 0.05) is 11.9 Å². The lowest BCUT2D eigenvalue weighted by Crippen LogP contribution is -2.30. The molecular formula is C15H14FNOS. The van der Waals surface area contributed by atoms with Gasteiger partial charge in [-0.15, -0.1) is 0 Å². The van der Waals surface area contributed by atoms with Crippen molar-refractivity contribution in [1.82, 2.24) is 4.90 Å². The Morgan fingerprint density at radius 2 is 2.05 bits per heavy atom. The number of hydrogen-bond acceptors (Lipinski definition) is 2. The van der Waals surface area contributed by atoms with Crippen molar-refractivity contribution in [3.8, 4) is 0 Å². The molecule has 1 fully saturated rings. The largest absolute Gasteiger partial charge is 0.332 e. The topological polar surface area (TPSA) is 20.3 Å². The minimum Gasteiger partial charge on any atom is -0.332 e. The van der Waals surface area contributed by atoms with Crippen molar-refractivity contribution in [2.45, 2.75) is 18.9 Å². The third-order valence-electron chi connectivity index (χ3n) is 3.54. The van der Waals surface area contributed by atoms with E-state index in [0.717, 1.165) is 30.5 Å². The minimum atomic E-state index is -0.238. The van der Waals surface area contributed by atoms with Gasteiger partial charge in [-0.3, -0.25) is 4.79 Å². The first-order chi connectivity index (χ1) is 9.25. The number of nitrogens with zero attached hydrogens (tertiary/aromatic N) is 1. The number of benzene rings is 1. The van der Waals surface area contributed by atoms with Crippen LogP contribution >= 0.6 is 11.3 Å². The van der Waals surface area contributed by atoms with Gasteiger partial charge in [-0.2, -0.15) is 11.3 Å². The molecule has 4 heteroatoms. The molecule has 0 unspecified atom stereocenters.